The zero-order chi connectivity index (χ0) is 23.6. The van der Waals surface area contributed by atoms with Gasteiger partial charge in [0.05, 0.1) is 12.8 Å². The number of carbonyl (C=O) groups is 2. The number of amides is 2. The molecule has 0 aliphatic heterocycles. The molecule has 0 spiro atoms. The molecule has 0 saturated carbocycles. The standard InChI is InChI=1S/C25H24ClN3O4/c1-3-32-23-13-18(15-27-29-25(31)19-8-6-9-20(26)14-19)11-12-22(23)33-16-24(30)28-21-10-5-4-7-17(21)2/h4-15H,3,16H2,1-2H3,(H,28,30)(H,29,31)/b27-15+. The van der Waals surface area contributed by atoms with Gasteiger partial charge in [0.1, 0.15) is 0 Å². The number of hydrazone groups is 1. The summed E-state index contributed by atoms with van der Waals surface area (Å²) in [6, 6.07) is 19.2. The van der Waals surface area contributed by atoms with Crippen LogP contribution in [0.1, 0.15) is 28.4 Å². The Hall–Kier alpha value is -3.84. The minimum atomic E-state index is -0.376. The van der Waals surface area contributed by atoms with Crippen LogP contribution < -0.4 is 20.2 Å². The molecule has 0 unspecified atom stereocenters. The van der Waals surface area contributed by atoms with Crippen molar-refractivity contribution >= 4 is 35.3 Å². The van der Waals surface area contributed by atoms with Crippen LogP contribution in [-0.4, -0.2) is 31.2 Å². The summed E-state index contributed by atoms with van der Waals surface area (Å²) < 4.78 is 11.3. The second kappa shape index (κ2) is 11.7. The summed E-state index contributed by atoms with van der Waals surface area (Å²) in [5.41, 5.74) is 5.25. The number of halogens is 1. The number of aryl methyl sites for hydroxylation is 1. The average Bonchev–Trinajstić information content (AvgIpc) is 2.80. The first-order chi connectivity index (χ1) is 16.0. The van der Waals surface area contributed by atoms with Crippen molar-refractivity contribution < 1.29 is 19.1 Å². The monoisotopic (exact) mass is 465 g/mol. The van der Waals surface area contributed by atoms with Crippen molar-refractivity contribution in [2.24, 2.45) is 5.10 Å². The maximum atomic E-state index is 12.3. The number of nitrogens with zero attached hydrogens (tertiary/aromatic N) is 1. The van der Waals surface area contributed by atoms with Gasteiger partial charge in [0.15, 0.2) is 18.1 Å². The number of hydrogen-bond acceptors (Lipinski definition) is 5. The van der Waals surface area contributed by atoms with Crippen LogP contribution in [0.4, 0.5) is 5.69 Å². The van der Waals surface area contributed by atoms with Gasteiger partial charge in [0.2, 0.25) is 0 Å². The summed E-state index contributed by atoms with van der Waals surface area (Å²) in [6.07, 6.45) is 1.49. The lowest BCUT2D eigenvalue weighted by Crippen LogP contribution is -2.20. The van der Waals surface area contributed by atoms with E-state index in [4.69, 9.17) is 21.1 Å². The summed E-state index contributed by atoms with van der Waals surface area (Å²) in [7, 11) is 0. The zero-order valence-electron chi connectivity index (χ0n) is 18.3. The van der Waals surface area contributed by atoms with Gasteiger partial charge < -0.3 is 14.8 Å². The number of rotatable bonds is 9. The summed E-state index contributed by atoms with van der Waals surface area (Å²) >= 11 is 5.90. The number of anilines is 1. The second-order valence-corrected chi connectivity index (χ2v) is 7.44. The Kier molecular flexibility index (Phi) is 8.43. The van der Waals surface area contributed by atoms with Crippen molar-refractivity contribution in [1.82, 2.24) is 5.43 Å². The van der Waals surface area contributed by atoms with Crippen LogP contribution >= 0.6 is 11.6 Å². The molecule has 0 atom stereocenters. The quantitative estimate of drug-likeness (QED) is 0.350. The predicted molar refractivity (Wildman–Crippen MR) is 129 cm³/mol. The normalized spacial score (nSPS) is 10.6. The average molecular weight is 466 g/mol. The Morgan fingerprint density at radius 3 is 2.58 bits per heavy atom. The molecule has 2 amide bonds. The highest BCUT2D eigenvalue weighted by Gasteiger charge is 2.10. The number of ether oxygens (including phenoxy) is 2. The lowest BCUT2D eigenvalue weighted by molar-refractivity contribution is -0.118. The minimum Gasteiger partial charge on any atom is -0.490 e. The van der Waals surface area contributed by atoms with Gasteiger partial charge in [-0.15, -0.1) is 0 Å². The topological polar surface area (TPSA) is 89.0 Å². The molecule has 0 heterocycles. The number of nitrogens with one attached hydrogen (secondary N) is 2. The molecule has 0 saturated heterocycles. The number of carbonyl (C=O) groups excluding carboxylic acids is 2. The van der Waals surface area contributed by atoms with Gasteiger partial charge in [-0.1, -0.05) is 35.9 Å². The molecule has 0 radical (unpaired) electrons. The van der Waals surface area contributed by atoms with Crippen LogP contribution in [-0.2, 0) is 4.79 Å². The highest BCUT2D eigenvalue weighted by Crippen LogP contribution is 2.28. The third-order valence-electron chi connectivity index (χ3n) is 4.51. The van der Waals surface area contributed by atoms with E-state index in [0.29, 0.717) is 34.3 Å². The van der Waals surface area contributed by atoms with Gasteiger partial charge in [-0.25, -0.2) is 5.43 Å². The van der Waals surface area contributed by atoms with Crippen LogP contribution in [0.15, 0.2) is 71.8 Å². The molecule has 3 rings (SSSR count). The molecule has 0 aromatic heterocycles. The van der Waals surface area contributed by atoms with E-state index in [1.54, 1.807) is 42.5 Å². The van der Waals surface area contributed by atoms with Crippen molar-refractivity contribution in [1.29, 1.82) is 0 Å². The van der Waals surface area contributed by atoms with E-state index in [0.717, 1.165) is 11.3 Å². The number of benzene rings is 3. The van der Waals surface area contributed by atoms with E-state index in [1.165, 1.54) is 6.21 Å². The lowest BCUT2D eigenvalue weighted by Gasteiger charge is -2.13. The SMILES string of the molecule is CCOc1cc(/C=N/NC(=O)c2cccc(Cl)c2)ccc1OCC(=O)Nc1ccccc1C. The molecule has 0 aliphatic rings. The third-order valence-corrected chi connectivity index (χ3v) is 4.75. The lowest BCUT2D eigenvalue weighted by atomic mass is 10.2. The fraction of sp³-hybridized carbons (Fsp3) is 0.160. The number of para-hydroxylation sites is 1. The summed E-state index contributed by atoms with van der Waals surface area (Å²) in [6.45, 7) is 4.01. The van der Waals surface area contributed by atoms with Gasteiger partial charge in [0.25, 0.3) is 11.8 Å². The predicted octanol–water partition coefficient (Wildman–Crippen LogP) is 4.83. The van der Waals surface area contributed by atoms with E-state index >= 15 is 0 Å². The summed E-state index contributed by atoms with van der Waals surface area (Å²) in [5.74, 6) is 0.239. The molecule has 170 valence electrons. The Labute approximate surface area is 197 Å². The van der Waals surface area contributed by atoms with E-state index in [9.17, 15) is 9.59 Å². The van der Waals surface area contributed by atoms with Crippen molar-refractivity contribution in [3.05, 3.63) is 88.4 Å². The zero-order valence-corrected chi connectivity index (χ0v) is 19.1. The molecule has 8 heteroatoms. The first-order valence-electron chi connectivity index (χ1n) is 10.3. The molecular formula is C25H24ClN3O4. The second-order valence-electron chi connectivity index (χ2n) is 7.00. The van der Waals surface area contributed by atoms with Crippen molar-refractivity contribution in [3.8, 4) is 11.5 Å². The van der Waals surface area contributed by atoms with Gasteiger partial charge in [-0.2, -0.15) is 5.10 Å². The van der Waals surface area contributed by atoms with E-state index in [-0.39, 0.29) is 18.4 Å². The van der Waals surface area contributed by atoms with Crippen LogP contribution in [0.2, 0.25) is 5.02 Å². The largest absolute Gasteiger partial charge is 0.490 e. The maximum Gasteiger partial charge on any atom is 0.271 e. The molecule has 0 fully saturated rings. The van der Waals surface area contributed by atoms with Crippen LogP contribution in [0.3, 0.4) is 0 Å². The van der Waals surface area contributed by atoms with Crippen molar-refractivity contribution in [2.45, 2.75) is 13.8 Å². The van der Waals surface area contributed by atoms with E-state index in [1.807, 2.05) is 38.1 Å². The summed E-state index contributed by atoms with van der Waals surface area (Å²) in [4.78, 5) is 24.4. The maximum absolute atomic E-state index is 12.3. The van der Waals surface area contributed by atoms with E-state index < -0.39 is 0 Å². The molecule has 33 heavy (non-hydrogen) atoms. The molecule has 0 aliphatic carbocycles. The highest BCUT2D eigenvalue weighted by atomic mass is 35.5. The Bertz CT molecular complexity index is 1160. The fourth-order valence-electron chi connectivity index (χ4n) is 2.89. The summed E-state index contributed by atoms with van der Waals surface area (Å²) in [5, 5.41) is 7.27. The van der Waals surface area contributed by atoms with Crippen LogP contribution in [0.25, 0.3) is 0 Å². The van der Waals surface area contributed by atoms with Crippen molar-refractivity contribution in [3.63, 3.8) is 0 Å². The fourth-order valence-corrected chi connectivity index (χ4v) is 3.09. The smallest absolute Gasteiger partial charge is 0.271 e. The van der Waals surface area contributed by atoms with Gasteiger partial charge >= 0.3 is 0 Å². The Morgan fingerprint density at radius 1 is 1.00 bits per heavy atom. The van der Waals surface area contributed by atoms with Gasteiger partial charge in [-0.3, -0.25) is 9.59 Å². The molecule has 7 nitrogen and oxygen atoms in total. The first-order valence-corrected chi connectivity index (χ1v) is 10.7. The molecular weight excluding hydrogens is 442 g/mol. The van der Waals surface area contributed by atoms with Crippen molar-refractivity contribution in [2.75, 3.05) is 18.5 Å². The van der Waals surface area contributed by atoms with Crippen LogP contribution in [0, 0.1) is 6.92 Å². The highest BCUT2D eigenvalue weighted by molar-refractivity contribution is 6.30. The molecule has 0 bridgehead atoms. The minimum absolute atomic E-state index is 0.169. The Balaban J connectivity index is 1.61. The van der Waals surface area contributed by atoms with Gasteiger partial charge in [-0.05, 0) is 67.4 Å². The Morgan fingerprint density at radius 2 is 1.82 bits per heavy atom. The van der Waals surface area contributed by atoms with Crippen LogP contribution in [0.5, 0.6) is 11.5 Å². The molecule has 3 aromatic carbocycles. The third kappa shape index (κ3) is 7.08. The van der Waals surface area contributed by atoms with Gasteiger partial charge in [0, 0.05) is 16.3 Å². The first kappa shape index (κ1) is 23.8. The van der Waals surface area contributed by atoms with E-state index in [2.05, 4.69) is 15.8 Å². The number of hydrogen-bond donors (Lipinski definition) is 2. The molecule has 2 N–H and O–H groups in total. The molecule has 3 aromatic rings.